The molecule has 0 saturated heterocycles. The summed E-state index contributed by atoms with van der Waals surface area (Å²) in [5, 5.41) is 0. The van der Waals surface area contributed by atoms with Gasteiger partial charge in [0.25, 0.3) is 0 Å². The van der Waals surface area contributed by atoms with Crippen LogP contribution in [-0.4, -0.2) is 7.18 Å². The van der Waals surface area contributed by atoms with Gasteiger partial charge in [-0.3, -0.25) is 4.39 Å². The average molecular weight is 570 g/mol. The van der Waals surface area contributed by atoms with Crippen molar-refractivity contribution in [2.45, 2.75) is 128 Å². The summed E-state index contributed by atoms with van der Waals surface area (Å²) in [6.45, 7) is 35.0. The summed E-state index contributed by atoms with van der Waals surface area (Å²) in [7, 11) is 0.500. The molecule has 41 heavy (non-hydrogen) atoms. The minimum Gasteiger partial charge on any atom is -0.405 e. The zero-order chi connectivity index (χ0) is 32.5. The topological polar surface area (TPSA) is 26.0 Å². The summed E-state index contributed by atoms with van der Waals surface area (Å²) in [5.41, 5.74) is 16.1. The molecule has 0 spiro atoms. The van der Waals surface area contributed by atoms with Gasteiger partial charge in [0.15, 0.2) is 0 Å². The van der Waals surface area contributed by atoms with Crippen LogP contribution in [0.2, 0.25) is 0 Å². The SMILES string of the molecule is C=C(C)/C=C\C(C)=C(/C)CCC(C)/C(C)=C(\C)C1=C(C)CC(C)=C1.C=CC.C=CN.CCC1CCCC1CC.CF. The Hall–Kier alpha value is -2.35. The Balaban J connectivity index is -0.000000693. The third-order valence-electron chi connectivity index (χ3n) is 8.24. The normalized spacial score (nSPS) is 19.4. The van der Waals surface area contributed by atoms with Crippen molar-refractivity contribution in [1.82, 2.24) is 0 Å². The van der Waals surface area contributed by atoms with E-state index in [-0.39, 0.29) is 0 Å². The molecule has 2 rings (SSSR count). The van der Waals surface area contributed by atoms with Gasteiger partial charge in [0.2, 0.25) is 0 Å². The molecule has 0 amide bonds. The minimum absolute atomic E-state index is 0.500. The third kappa shape index (κ3) is 19.4. The second-order valence-corrected chi connectivity index (χ2v) is 11.7. The number of halogens is 1. The van der Waals surface area contributed by atoms with Crippen LogP contribution in [0.1, 0.15) is 128 Å². The maximum atomic E-state index is 9.50. The van der Waals surface area contributed by atoms with E-state index in [1.54, 1.807) is 11.6 Å². The maximum Gasteiger partial charge on any atom is 0.0785 e. The summed E-state index contributed by atoms with van der Waals surface area (Å²) in [5.74, 6) is 2.78. The van der Waals surface area contributed by atoms with Gasteiger partial charge in [-0.2, -0.15) is 0 Å². The molecule has 0 aromatic rings. The molecule has 0 radical (unpaired) electrons. The van der Waals surface area contributed by atoms with Crippen molar-refractivity contribution in [3.63, 3.8) is 0 Å². The maximum absolute atomic E-state index is 9.50. The lowest BCUT2D eigenvalue weighted by molar-refractivity contribution is 0.367. The van der Waals surface area contributed by atoms with Crippen molar-refractivity contribution in [3.05, 3.63) is 94.8 Å². The van der Waals surface area contributed by atoms with E-state index in [1.165, 1.54) is 78.2 Å². The first-order valence-corrected chi connectivity index (χ1v) is 15.7. The van der Waals surface area contributed by atoms with Gasteiger partial charge in [-0.05, 0) is 110 Å². The molecule has 0 heterocycles. The van der Waals surface area contributed by atoms with Crippen LogP contribution in [0, 0.1) is 17.8 Å². The van der Waals surface area contributed by atoms with E-state index in [1.807, 2.05) is 13.8 Å². The Morgan fingerprint density at radius 1 is 1.00 bits per heavy atom. The molecule has 1 fully saturated rings. The lowest BCUT2D eigenvalue weighted by Gasteiger charge is -2.17. The fraction of sp³-hybridized carbons (Fsp3) is 0.590. The van der Waals surface area contributed by atoms with Gasteiger partial charge in [0, 0.05) is 0 Å². The number of rotatable bonds is 9. The molecule has 1 nitrogen and oxygen atoms in total. The number of allylic oxidation sites excluding steroid dienone is 12. The van der Waals surface area contributed by atoms with Crippen LogP contribution in [0.5, 0.6) is 0 Å². The predicted molar refractivity (Wildman–Crippen MR) is 189 cm³/mol. The van der Waals surface area contributed by atoms with Gasteiger partial charge >= 0.3 is 0 Å². The Morgan fingerprint density at radius 2 is 1.46 bits per heavy atom. The quantitative estimate of drug-likeness (QED) is 0.217. The molecule has 0 aromatic carbocycles. The lowest BCUT2D eigenvalue weighted by atomic mass is 9.88. The van der Waals surface area contributed by atoms with Crippen molar-refractivity contribution in [2.75, 3.05) is 7.18 Å². The highest BCUT2D eigenvalue weighted by Crippen LogP contribution is 2.36. The molecule has 2 heteroatoms. The number of hydrogen-bond acceptors (Lipinski definition) is 1. The summed E-state index contributed by atoms with van der Waals surface area (Å²) in [6, 6.07) is 0. The molecule has 3 atom stereocenters. The monoisotopic (exact) mass is 570 g/mol. The zero-order valence-electron chi connectivity index (χ0n) is 29.4. The fourth-order valence-electron chi connectivity index (χ4n) is 5.39. The standard InChI is InChI=1S/C24H36.C9H18.C3H6.C2H5N.CH3F/c1-16(2)10-11-18(4)19(5)12-13-20(6)22(8)23(9)24-15-17(3)14-21(24)7;1-3-8-6-5-7-9(8)4-2;1-3-2;1-2-3;1-2/h10-11,15,20H,1,12-14H2,2-9H3;8-9H,3-7H2,1-2H3;3H,1H2,2H3;2H,1,3H2;1H3/b11-10-,19-18+,23-22+;;;;. The van der Waals surface area contributed by atoms with Crippen LogP contribution in [0.25, 0.3) is 0 Å². The van der Waals surface area contributed by atoms with Crippen molar-refractivity contribution in [1.29, 1.82) is 0 Å². The lowest BCUT2D eigenvalue weighted by Crippen LogP contribution is -2.04. The average Bonchev–Trinajstić information content (AvgIpc) is 3.56. The second-order valence-electron chi connectivity index (χ2n) is 11.7. The Morgan fingerprint density at radius 3 is 1.83 bits per heavy atom. The number of hydrogen-bond donors (Lipinski definition) is 1. The van der Waals surface area contributed by atoms with Crippen LogP contribution in [0.4, 0.5) is 4.39 Å². The molecule has 1 saturated carbocycles. The Labute approximate surface area is 257 Å². The molecule has 0 aliphatic heterocycles. The van der Waals surface area contributed by atoms with Crippen molar-refractivity contribution in [2.24, 2.45) is 23.5 Å². The van der Waals surface area contributed by atoms with Crippen LogP contribution >= 0.6 is 0 Å². The van der Waals surface area contributed by atoms with Gasteiger partial charge in [-0.15, -0.1) is 6.58 Å². The highest BCUT2D eigenvalue weighted by atomic mass is 19.1. The first kappa shape index (κ1) is 43.1. The first-order chi connectivity index (χ1) is 19.3. The summed E-state index contributed by atoms with van der Waals surface area (Å²) in [6.07, 6.45) is 20.5. The molecule has 2 aliphatic rings. The molecular weight excluding hydrogens is 501 g/mol. The second kappa shape index (κ2) is 26.5. The molecule has 2 N–H and O–H groups in total. The highest BCUT2D eigenvalue weighted by molar-refractivity contribution is 5.50. The highest BCUT2D eigenvalue weighted by Gasteiger charge is 2.23. The smallest absolute Gasteiger partial charge is 0.0785 e. The van der Waals surface area contributed by atoms with E-state index < -0.39 is 0 Å². The van der Waals surface area contributed by atoms with E-state index in [4.69, 9.17) is 0 Å². The largest absolute Gasteiger partial charge is 0.405 e. The van der Waals surface area contributed by atoms with Crippen LogP contribution in [0.15, 0.2) is 94.8 Å². The number of nitrogens with two attached hydrogens (primary N) is 1. The summed E-state index contributed by atoms with van der Waals surface area (Å²) < 4.78 is 9.50. The Bertz CT molecular complexity index is 890. The van der Waals surface area contributed by atoms with Gasteiger partial charge < -0.3 is 5.73 Å². The summed E-state index contributed by atoms with van der Waals surface area (Å²) >= 11 is 0. The molecule has 2 aliphatic carbocycles. The predicted octanol–water partition coefficient (Wildman–Crippen LogP) is 13.0. The molecular formula is C39H68FN. The van der Waals surface area contributed by atoms with Gasteiger partial charge in [-0.1, -0.05) is 124 Å². The Kier molecular flexibility index (Phi) is 27.9. The van der Waals surface area contributed by atoms with E-state index in [2.05, 4.69) is 106 Å². The summed E-state index contributed by atoms with van der Waals surface area (Å²) in [4.78, 5) is 0. The van der Waals surface area contributed by atoms with Crippen molar-refractivity contribution in [3.8, 4) is 0 Å². The molecule has 0 bridgehead atoms. The van der Waals surface area contributed by atoms with Gasteiger partial charge in [0.1, 0.15) is 0 Å². The number of alkyl halides is 1. The van der Waals surface area contributed by atoms with E-state index in [9.17, 15) is 4.39 Å². The fourth-order valence-corrected chi connectivity index (χ4v) is 5.39. The van der Waals surface area contributed by atoms with Crippen LogP contribution in [-0.2, 0) is 0 Å². The van der Waals surface area contributed by atoms with Crippen LogP contribution in [0.3, 0.4) is 0 Å². The molecule has 0 aromatic heterocycles. The molecule has 3 unspecified atom stereocenters. The van der Waals surface area contributed by atoms with E-state index in [0.29, 0.717) is 13.1 Å². The zero-order valence-corrected chi connectivity index (χ0v) is 29.4. The third-order valence-corrected chi connectivity index (χ3v) is 8.24. The van der Waals surface area contributed by atoms with Crippen molar-refractivity contribution < 1.29 is 4.39 Å². The molecule has 236 valence electrons. The van der Waals surface area contributed by atoms with Gasteiger partial charge in [-0.25, -0.2) is 0 Å². The first-order valence-electron chi connectivity index (χ1n) is 15.7. The van der Waals surface area contributed by atoms with Crippen molar-refractivity contribution >= 4 is 0 Å². The van der Waals surface area contributed by atoms with Crippen LogP contribution < -0.4 is 5.73 Å². The van der Waals surface area contributed by atoms with E-state index >= 15 is 0 Å². The van der Waals surface area contributed by atoms with E-state index in [0.717, 1.165) is 30.3 Å². The minimum atomic E-state index is 0.500. The van der Waals surface area contributed by atoms with Gasteiger partial charge in [0.05, 0.1) is 7.18 Å².